The minimum atomic E-state index is -0.116. The zero-order valence-electron chi connectivity index (χ0n) is 13.7. The van der Waals surface area contributed by atoms with E-state index in [1.165, 1.54) is 0 Å². The second kappa shape index (κ2) is 9.25. The maximum atomic E-state index is 12.1. The van der Waals surface area contributed by atoms with E-state index in [-0.39, 0.29) is 12.1 Å². The highest BCUT2D eigenvalue weighted by molar-refractivity contribution is 7.98. The van der Waals surface area contributed by atoms with Gasteiger partial charge in [-0.25, -0.2) is 9.78 Å². The molecule has 2 aromatic rings. The standard InChI is InChI=1S/C17H24N4OS/c1-14-18-10-12-21(14)11-6-9-19-17(22)20-16(13-23-2)15-7-4-3-5-8-15/h3-5,7-8,10,12,16H,6,9,11,13H2,1-2H3,(H2,19,20,22)/t16-/m0/s1. The van der Waals surface area contributed by atoms with Gasteiger partial charge in [-0.2, -0.15) is 11.8 Å². The third-order valence-electron chi connectivity index (χ3n) is 3.63. The number of hydrogen-bond acceptors (Lipinski definition) is 3. The highest BCUT2D eigenvalue weighted by atomic mass is 32.2. The summed E-state index contributed by atoms with van der Waals surface area (Å²) in [7, 11) is 0. The Morgan fingerprint density at radius 2 is 2.13 bits per heavy atom. The van der Waals surface area contributed by atoms with Gasteiger partial charge in [0, 0.05) is 31.2 Å². The number of rotatable bonds is 8. The molecule has 1 aromatic carbocycles. The quantitative estimate of drug-likeness (QED) is 0.731. The van der Waals surface area contributed by atoms with Gasteiger partial charge in [0.2, 0.25) is 0 Å². The summed E-state index contributed by atoms with van der Waals surface area (Å²) in [6, 6.07) is 9.98. The number of imidazole rings is 1. The van der Waals surface area contributed by atoms with Crippen LogP contribution in [0.4, 0.5) is 4.79 Å². The summed E-state index contributed by atoms with van der Waals surface area (Å²) in [6.45, 7) is 3.48. The molecule has 0 bridgehead atoms. The van der Waals surface area contributed by atoms with Crippen LogP contribution in [-0.2, 0) is 6.54 Å². The summed E-state index contributed by atoms with van der Waals surface area (Å²) in [5, 5.41) is 5.98. The molecule has 6 heteroatoms. The van der Waals surface area contributed by atoms with Crippen LogP contribution >= 0.6 is 11.8 Å². The summed E-state index contributed by atoms with van der Waals surface area (Å²) < 4.78 is 2.08. The Balaban J connectivity index is 1.75. The second-order valence-corrected chi connectivity index (χ2v) is 6.25. The topological polar surface area (TPSA) is 59.0 Å². The van der Waals surface area contributed by atoms with Gasteiger partial charge in [-0.15, -0.1) is 0 Å². The van der Waals surface area contributed by atoms with Gasteiger partial charge in [-0.05, 0) is 25.2 Å². The summed E-state index contributed by atoms with van der Waals surface area (Å²) in [6.07, 6.45) is 6.67. The number of carbonyl (C=O) groups excluding carboxylic acids is 1. The monoisotopic (exact) mass is 332 g/mol. The minimum absolute atomic E-state index is 0.0297. The van der Waals surface area contributed by atoms with Crippen molar-refractivity contribution in [2.45, 2.75) is 25.9 Å². The van der Waals surface area contributed by atoms with Crippen LogP contribution in [-0.4, -0.2) is 34.1 Å². The molecule has 0 radical (unpaired) electrons. The summed E-state index contributed by atoms with van der Waals surface area (Å²) in [5.41, 5.74) is 1.13. The molecule has 0 aliphatic heterocycles. The van der Waals surface area contributed by atoms with Crippen LogP contribution in [0.5, 0.6) is 0 Å². The third kappa shape index (κ3) is 5.63. The first kappa shape index (κ1) is 17.4. The highest BCUT2D eigenvalue weighted by Crippen LogP contribution is 2.16. The molecule has 0 unspecified atom stereocenters. The fourth-order valence-corrected chi connectivity index (χ4v) is 2.98. The average Bonchev–Trinajstić information content (AvgIpc) is 2.97. The lowest BCUT2D eigenvalue weighted by molar-refractivity contribution is 0.238. The van der Waals surface area contributed by atoms with Crippen LogP contribution in [0, 0.1) is 6.92 Å². The van der Waals surface area contributed by atoms with E-state index >= 15 is 0 Å². The number of thioether (sulfide) groups is 1. The van der Waals surface area contributed by atoms with E-state index < -0.39 is 0 Å². The van der Waals surface area contributed by atoms with Crippen molar-refractivity contribution in [3.8, 4) is 0 Å². The number of benzene rings is 1. The Morgan fingerprint density at radius 3 is 2.78 bits per heavy atom. The fourth-order valence-electron chi connectivity index (χ4n) is 2.37. The number of hydrogen-bond donors (Lipinski definition) is 2. The Hall–Kier alpha value is -1.95. The van der Waals surface area contributed by atoms with Gasteiger partial charge in [0.05, 0.1) is 6.04 Å². The molecule has 124 valence electrons. The Labute approximate surface area is 141 Å². The van der Waals surface area contributed by atoms with E-state index in [1.807, 2.05) is 49.7 Å². The number of carbonyl (C=O) groups is 1. The van der Waals surface area contributed by atoms with Crippen LogP contribution in [0.25, 0.3) is 0 Å². The first-order valence-corrected chi connectivity index (χ1v) is 9.16. The SMILES string of the molecule is CSC[C@H](NC(=O)NCCCn1ccnc1C)c1ccccc1. The fraction of sp³-hybridized carbons (Fsp3) is 0.412. The lowest BCUT2D eigenvalue weighted by Crippen LogP contribution is -2.39. The number of aryl methyl sites for hydroxylation is 2. The van der Waals surface area contributed by atoms with Crippen LogP contribution < -0.4 is 10.6 Å². The zero-order chi connectivity index (χ0) is 16.5. The molecule has 1 aromatic heterocycles. The smallest absolute Gasteiger partial charge is 0.315 e. The number of nitrogens with zero attached hydrogens (tertiary/aromatic N) is 2. The molecule has 0 aliphatic carbocycles. The summed E-state index contributed by atoms with van der Waals surface area (Å²) >= 11 is 1.72. The first-order chi connectivity index (χ1) is 11.2. The molecule has 0 saturated carbocycles. The molecular formula is C17H24N4OS. The predicted octanol–water partition coefficient (Wildman–Crippen LogP) is 2.99. The predicted molar refractivity (Wildman–Crippen MR) is 95.7 cm³/mol. The molecule has 2 amide bonds. The van der Waals surface area contributed by atoms with E-state index in [0.29, 0.717) is 6.54 Å². The highest BCUT2D eigenvalue weighted by Gasteiger charge is 2.13. The Kier molecular flexibility index (Phi) is 7.00. The molecule has 23 heavy (non-hydrogen) atoms. The lowest BCUT2D eigenvalue weighted by atomic mass is 10.1. The molecule has 0 spiro atoms. The van der Waals surface area contributed by atoms with E-state index in [2.05, 4.69) is 20.2 Å². The van der Waals surface area contributed by atoms with Crippen molar-refractivity contribution in [3.63, 3.8) is 0 Å². The third-order valence-corrected chi connectivity index (χ3v) is 4.29. The van der Waals surface area contributed by atoms with Gasteiger partial charge in [0.25, 0.3) is 0 Å². The van der Waals surface area contributed by atoms with Gasteiger partial charge in [-0.3, -0.25) is 0 Å². The lowest BCUT2D eigenvalue weighted by Gasteiger charge is -2.18. The van der Waals surface area contributed by atoms with Crippen molar-refractivity contribution >= 4 is 17.8 Å². The van der Waals surface area contributed by atoms with E-state index in [0.717, 1.165) is 30.1 Å². The van der Waals surface area contributed by atoms with Gasteiger partial charge in [0.1, 0.15) is 5.82 Å². The van der Waals surface area contributed by atoms with Gasteiger partial charge < -0.3 is 15.2 Å². The van der Waals surface area contributed by atoms with E-state index in [4.69, 9.17) is 0 Å². The molecule has 0 fully saturated rings. The van der Waals surface area contributed by atoms with Gasteiger partial charge in [0.15, 0.2) is 0 Å². The van der Waals surface area contributed by atoms with Crippen molar-refractivity contribution in [2.75, 3.05) is 18.6 Å². The molecule has 5 nitrogen and oxygen atoms in total. The summed E-state index contributed by atoms with van der Waals surface area (Å²) in [5.74, 6) is 1.85. The zero-order valence-corrected chi connectivity index (χ0v) is 14.5. The molecule has 2 N–H and O–H groups in total. The molecule has 1 atom stereocenters. The van der Waals surface area contributed by atoms with Gasteiger partial charge >= 0.3 is 6.03 Å². The number of urea groups is 1. The van der Waals surface area contributed by atoms with Gasteiger partial charge in [-0.1, -0.05) is 30.3 Å². The molecule has 2 rings (SSSR count). The molecule has 1 heterocycles. The number of amides is 2. The molecular weight excluding hydrogens is 308 g/mol. The van der Waals surface area contributed by atoms with Crippen LogP contribution in [0.1, 0.15) is 23.9 Å². The second-order valence-electron chi connectivity index (χ2n) is 5.34. The minimum Gasteiger partial charge on any atom is -0.338 e. The Morgan fingerprint density at radius 1 is 1.35 bits per heavy atom. The average molecular weight is 332 g/mol. The normalized spacial score (nSPS) is 11.9. The molecule has 0 saturated heterocycles. The van der Waals surface area contributed by atoms with E-state index in [1.54, 1.807) is 18.0 Å². The van der Waals surface area contributed by atoms with Crippen molar-refractivity contribution in [1.29, 1.82) is 0 Å². The maximum Gasteiger partial charge on any atom is 0.315 e. The Bertz CT molecular complexity index is 600. The van der Waals surface area contributed by atoms with Crippen molar-refractivity contribution < 1.29 is 4.79 Å². The summed E-state index contributed by atoms with van der Waals surface area (Å²) in [4.78, 5) is 16.3. The van der Waals surface area contributed by atoms with Crippen LogP contribution in [0.3, 0.4) is 0 Å². The maximum absolute atomic E-state index is 12.1. The first-order valence-electron chi connectivity index (χ1n) is 7.76. The van der Waals surface area contributed by atoms with Crippen LogP contribution in [0.2, 0.25) is 0 Å². The van der Waals surface area contributed by atoms with Crippen molar-refractivity contribution in [3.05, 3.63) is 54.1 Å². The number of aromatic nitrogens is 2. The van der Waals surface area contributed by atoms with Crippen molar-refractivity contribution in [2.24, 2.45) is 0 Å². The molecule has 0 aliphatic rings. The van der Waals surface area contributed by atoms with Crippen LogP contribution in [0.15, 0.2) is 42.7 Å². The van der Waals surface area contributed by atoms with Crippen molar-refractivity contribution in [1.82, 2.24) is 20.2 Å². The van der Waals surface area contributed by atoms with E-state index in [9.17, 15) is 4.79 Å². The number of nitrogens with one attached hydrogen (secondary N) is 2. The largest absolute Gasteiger partial charge is 0.338 e.